The lowest BCUT2D eigenvalue weighted by Gasteiger charge is -2.18. The summed E-state index contributed by atoms with van der Waals surface area (Å²) in [5.74, 6) is -1.61. The van der Waals surface area contributed by atoms with E-state index in [1.54, 1.807) is 43.1 Å². The molecule has 0 aliphatic heterocycles. The number of amides is 1. The van der Waals surface area contributed by atoms with Gasteiger partial charge in [0.2, 0.25) is 5.91 Å². The maximum absolute atomic E-state index is 11.8. The predicted molar refractivity (Wildman–Crippen MR) is 78.7 cm³/mol. The number of likely N-dealkylation sites (N-methyl/N-ethyl adjacent to an activating group) is 1. The molecule has 0 heterocycles. The lowest BCUT2D eigenvalue weighted by Crippen LogP contribution is -2.35. The number of nitriles is 1. The van der Waals surface area contributed by atoms with Gasteiger partial charge in [-0.05, 0) is 24.7 Å². The lowest BCUT2D eigenvalue weighted by atomic mass is 10.1. The summed E-state index contributed by atoms with van der Waals surface area (Å²) in [6, 6.07) is 9.11. The highest BCUT2D eigenvalue weighted by molar-refractivity contribution is 5.92. The summed E-state index contributed by atoms with van der Waals surface area (Å²) in [5.41, 5.74) is 1.55. The van der Waals surface area contributed by atoms with Crippen molar-refractivity contribution in [1.29, 1.82) is 5.26 Å². The van der Waals surface area contributed by atoms with Crippen LogP contribution in [-0.2, 0) is 16.0 Å². The van der Waals surface area contributed by atoms with E-state index in [4.69, 9.17) is 10.4 Å². The van der Waals surface area contributed by atoms with Crippen LogP contribution in [0.5, 0.6) is 0 Å². The molecule has 6 nitrogen and oxygen atoms in total. The second kappa shape index (κ2) is 8.02. The number of nitrogens with one attached hydrogen (secondary N) is 1. The predicted octanol–water partition coefficient (Wildman–Crippen LogP) is 1.34. The zero-order valence-electron chi connectivity index (χ0n) is 12.2. The number of hydrogen-bond donors (Lipinski definition) is 2. The van der Waals surface area contributed by atoms with Crippen LogP contribution in [0.2, 0.25) is 0 Å². The smallest absolute Gasteiger partial charge is 0.307 e. The van der Waals surface area contributed by atoms with Gasteiger partial charge in [-0.1, -0.05) is 19.1 Å². The van der Waals surface area contributed by atoms with Crippen molar-refractivity contribution in [2.24, 2.45) is 5.92 Å². The van der Waals surface area contributed by atoms with Crippen molar-refractivity contribution >= 4 is 17.6 Å². The molecule has 0 radical (unpaired) electrons. The van der Waals surface area contributed by atoms with Gasteiger partial charge in [0.1, 0.15) is 0 Å². The van der Waals surface area contributed by atoms with Crippen molar-refractivity contribution in [3.05, 3.63) is 29.8 Å². The Kier molecular flexibility index (Phi) is 6.37. The van der Waals surface area contributed by atoms with E-state index in [9.17, 15) is 9.59 Å². The minimum absolute atomic E-state index is 0.123. The van der Waals surface area contributed by atoms with Gasteiger partial charge >= 0.3 is 5.97 Å². The van der Waals surface area contributed by atoms with Crippen molar-refractivity contribution in [3.63, 3.8) is 0 Å². The van der Waals surface area contributed by atoms with Gasteiger partial charge in [-0.3, -0.25) is 14.5 Å². The first kappa shape index (κ1) is 16.7. The Labute approximate surface area is 124 Å². The topological polar surface area (TPSA) is 93.4 Å². The summed E-state index contributed by atoms with van der Waals surface area (Å²) >= 11 is 0. The van der Waals surface area contributed by atoms with E-state index in [1.807, 2.05) is 0 Å². The molecule has 0 saturated heterocycles. The van der Waals surface area contributed by atoms with E-state index >= 15 is 0 Å². The number of carbonyl (C=O) groups is 2. The van der Waals surface area contributed by atoms with E-state index in [1.165, 1.54) is 0 Å². The van der Waals surface area contributed by atoms with Gasteiger partial charge in [-0.2, -0.15) is 5.26 Å². The van der Waals surface area contributed by atoms with Crippen LogP contribution in [0.4, 0.5) is 5.69 Å². The number of anilines is 1. The van der Waals surface area contributed by atoms with Gasteiger partial charge in [0.15, 0.2) is 0 Å². The van der Waals surface area contributed by atoms with Crippen LogP contribution >= 0.6 is 0 Å². The van der Waals surface area contributed by atoms with Crippen molar-refractivity contribution in [2.45, 2.75) is 13.3 Å². The normalized spacial score (nSPS) is 11.7. The summed E-state index contributed by atoms with van der Waals surface area (Å²) in [6.45, 7) is 2.03. The largest absolute Gasteiger partial charge is 0.481 e. The van der Waals surface area contributed by atoms with Crippen LogP contribution in [0.25, 0.3) is 0 Å². The van der Waals surface area contributed by atoms with E-state index in [2.05, 4.69) is 11.4 Å². The molecule has 1 amide bonds. The number of rotatable bonds is 7. The molecule has 0 aliphatic rings. The highest BCUT2D eigenvalue weighted by atomic mass is 16.4. The third kappa shape index (κ3) is 6.06. The standard InChI is InChI=1S/C15H19N3O3/c1-11(15(20)21)9-18(2)10-14(19)17-13-5-3-12(4-6-13)7-8-16/h3-6,11H,7,9-10H2,1-2H3,(H,17,19)(H,20,21). The fourth-order valence-electron chi connectivity index (χ4n) is 1.85. The maximum Gasteiger partial charge on any atom is 0.307 e. The van der Waals surface area contributed by atoms with Gasteiger partial charge in [-0.15, -0.1) is 0 Å². The lowest BCUT2D eigenvalue weighted by molar-refractivity contribution is -0.141. The van der Waals surface area contributed by atoms with E-state index in [-0.39, 0.29) is 12.5 Å². The van der Waals surface area contributed by atoms with Gasteiger partial charge < -0.3 is 10.4 Å². The van der Waals surface area contributed by atoms with Crippen LogP contribution in [0.1, 0.15) is 12.5 Å². The van der Waals surface area contributed by atoms with Crippen molar-refractivity contribution in [3.8, 4) is 6.07 Å². The number of benzene rings is 1. The van der Waals surface area contributed by atoms with Crippen LogP contribution in [0, 0.1) is 17.2 Å². The highest BCUT2D eigenvalue weighted by Crippen LogP contribution is 2.10. The SMILES string of the molecule is CC(CN(C)CC(=O)Nc1ccc(CC#N)cc1)C(=O)O. The second-order valence-corrected chi connectivity index (χ2v) is 5.02. The quantitative estimate of drug-likeness (QED) is 0.790. The minimum Gasteiger partial charge on any atom is -0.481 e. The number of nitrogens with zero attached hydrogens (tertiary/aromatic N) is 2. The zero-order valence-corrected chi connectivity index (χ0v) is 12.2. The number of hydrogen-bond acceptors (Lipinski definition) is 4. The molecule has 0 aliphatic carbocycles. The average molecular weight is 289 g/mol. The fraction of sp³-hybridized carbons (Fsp3) is 0.400. The van der Waals surface area contributed by atoms with E-state index in [0.29, 0.717) is 18.7 Å². The average Bonchev–Trinajstić information content (AvgIpc) is 2.40. The van der Waals surface area contributed by atoms with Crippen LogP contribution in [0.15, 0.2) is 24.3 Å². The summed E-state index contributed by atoms with van der Waals surface area (Å²) in [7, 11) is 1.70. The van der Waals surface area contributed by atoms with Crippen molar-refractivity contribution in [1.82, 2.24) is 4.90 Å². The Morgan fingerprint density at radius 3 is 2.52 bits per heavy atom. The molecule has 112 valence electrons. The number of carboxylic acids is 1. The monoisotopic (exact) mass is 289 g/mol. The molecule has 1 unspecified atom stereocenters. The third-order valence-electron chi connectivity index (χ3n) is 2.94. The molecule has 0 aromatic heterocycles. The van der Waals surface area contributed by atoms with Gasteiger partial charge in [0, 0.05) is 12.2 Å². The van der Waals surface area contributed by atoms with E-state index < -0.39 is 11.9 Å². The number of aliphatic carboxylic acids is 1. The fourth-order valence-corrected chi connectivity index (χ4v) is 1.85. The molecule has 1 aromatic carbocycles. The Hall–Kier alpha value is -2.39. The van der Waals surface area contributed by atoms with Crippen molar-refractivity contribution < 1.29 is 14.7 Å². The van der Waals surface area contributed by atoms with Crippen molar-refractivity contribution in [2.75, 3.05) is 25.5 Å². The first-order chi connectivity index (χ1) is 9.92. The summed E-state index contributed by atoms with van der Waals surface area (Å²) < 4.78 is 0. The van der Waals surface area contributed by atoms with Gasteiger partial charge in [-0.25, -0.2) is 0 Å². The number of carbonyl (C=O) groups excluding carboxylic acids is 1. The first-order valence-corrected chi connectivity index (χ1v) is 6.59. The Balaban J connectivity index is 2.46. The highest BCUT2D eigenvalue weighted by Gasteiger charge is 2.15. The molecule has 1 atom stereocenters. The molecular weight excluding hydrogens is 270 g/mol. The molecular formula is C15H19N3O3. The maximum atomic E-state index is 11.8. The van der Waals surface area contributed by atoms with E-state index in [0.717, 1.165) is 5.56 Å². The Bertz CT molecular complexity index is 534. The Morgan fingerprint density at radius 1 is 1.38 bits per heavy atom. The van der Waals surface area contributed by atoms with Gasteiger partial charge in [0.25, 0.3) is 0 Å². The Morgan fingerprint density at radius 2 is 2.00 bits per heavy atom. The molecule has 0 bridgehead atoms. The summed E-state index contributed by atoms with van der Waals surface area (Å²) in [5, 5.41) is 20.1. The van der Waals surface area contributed by atoms with Gasteiger partial charge in [0.05, 0.1) is 25.0 Å². The third-order valence-corrected chi connectivity index (χ3v) is 2.94. The molecule has 1 aromatic rings. The molecule has 0 fully saturated rings. The summed E-state index contributed by atoms with van der Waals surface area (Å²) in [4.78, 5) is 24.2. The molecule has 21 heavy (non-hydrogen) atoms. The molecule has 0 spiro atoms. The van der Waals surface area contributed by atoms with Crippen LogP contribution in [0.3, 0.4) is 0 Å². The molecule has 2 N–H and O–H groups in total. The first-order valence-electron chi connectivity index (χ1n) is 6.59. The van der Waals surface area contributed by atoms with Crippen LogP contribution < -0.4 is 5.32 Å². The second-order valence-electron chi connectivity index (χ2n) is 5.02. The van der Waals surface area contributed by atoms with Crippen LogP contribution in [-0.4, -0.2) is 42.0 Å². The number of carboxylic acid groups (broad SMARTS) is 1. The molecule has 0 saturated carbocycles. The minimum atomic E-state index is -0.879. The molecule has 6 heteroatoms. The molecule has 1 rings (SSSR count). The zero-order chi connectivity index (χ0) is 15.8. The summed E-state index contributed by atoms with van der Waals surface area (Å²) in [6.07, 6.45) is 0.337.